The third-order valence-corrected chi connectivity index (χ3v) is 4.78. The van der Waals surface area contributed by atoms with Crippen LogP contribution >= 0.6 is 0 Å². The lowest BCUT2D eigenvalue weighted by molar-refractivity contribution is -0.132. The van der Waals surface area contributed by atoms with Crippen LogP contribution in [0.2, 0.25) is 0 Å². The Morgan fingerprint density at radius 1 is 1.27 bits per heavy atom. The largest absolute Gasteiger partial charge is 0.497 e. The standard InChI is InChI=1S/C18H21FN2O9/c1-27-8-3-4-9(11(5-8)28-2)17(25)29-7-12-13(22)14(23)16(30-12)21-6-10(19)15(24)20-18(21)26/h3-5,10,12-14,16,22-23H,6-7H2,1-2H3,(H,20,24,26). The number of ether oxygens (including phenoxy) is 4. The number of alkyl halides is 1. The first kappa shape index (κ1) is 21.7. The predicted molar refractivity (Wildman–Crippen MR) is 95.6 cm³/mol. The van der Waals surface area contributed by atoms with Gasteiger partial charge >= 0.3 is 12.0 Å². The zero-order valence-corrected chi connectivity index (χ0v) is 16.1. The van der Waals surface area contributed by atoms with Gasteiger partial charge in [-0.3, -0.25) is 15.0 Å². The topological polar surface area (TPSA) is 144 Å². The van der Waals surface area contributed by atoms with E-state index in [1.807, 2.05) is 0 Å². The molecule has 5 unspecified atom stereocenters. The molecule has 30 heavy (non-hydrogen) atoms. The summed E-state index contributed by atoms with van der Waals surface area (Å²) in [4.78, 5) is 36.3. The van der Waals surface area contributed by atoms with E-state index in [2.05, 4.69) is 0 Å². The minimum Gasteiger partial charge on any atom is -0.497 e. The van der Waals surface area contributed by atoms with Gasteiger partial charge < -0.3 is 29.2 Å². The molecule has 0 aromatic heterocycles. The minimum absolute atomic E-state index is 0.0945. The van der Waals surface area contributed by atoms with Gasteiger partial charge in [0.2, 0.25) is 0 Å². The predicted octanol–water partition coefficient (Wildman–Crippen LogP) is -0.803. The maximum absolute atomic E-state index is 13.6. The molecule has 0 aliphatic carbocycles. The van der Waals surface area contributed by atoms with E-state index in [0.717, 1.165) is 4.90 Å². The number of imide groups is 1. The van der Waals surface area contributed by atoms with Crippen molar-refractivity contribution in [3.63, 3.8) is 0 Å². The van der Waals surface area contributed by atoms with Crippen molar-refractivity contribution in [2.24, 2.45) is 0 Å². The number of urea groups is 1. The Balaban J connectivity index is 1.64. The van der Waals surface area contributed by atoms with E-state index in [4.69, 9.17) is 18.9 Å². The maximum atomic E-state index is 13.6. The average molecular weight is 428 g/mol. The number of esters is 1. The van der Waals surface area contributed by atoms with E-state index in [1.165, 1.54) is 32.4 Å². The van der Waals surface area contributed by atoms with Gasteiger partial charge in [-0.1, -0.05) is 0 Å². The number of methoxy groups -OCH3 is 2. The van der Waals surface area contributed by atoms with Crippen molar-refractivity contribution >= 4 is 17.9 Å². The van der Waals surface area contributed by atoms with Gasteiger partial charge in [0.15, 0.2) is 12.4 Å². The van der Waals surface area contributed by atoms with Crippen LogP contribution in [0.15, 0.2) is 18.2 Å². The zero-order chi connectivity index (χ0) is 22.0. The van der Waals surface area contributed by atoms with E-state index >= 15 is 0 Å². The molecule has 2 aliphatic rings. The molecule has 2 saturated heterocycles. The van der Waals surface area contributed by atoms with Crippen molar-refractivity contribution in [3.8, 4) is 11.5 Å². The Morgan fingerprint density at radius 2 is 2.00 bits per heavy atom. The molecule has 0 saturated carbocycles. The van der Waals surface area contributed by atoms with Crippen LogP contribution in [0.5, 0.6) is 11.5 Å². The van der Waals surface area contributed by atoms with Crippen LogP contribution < -0.4 is 14.8 Å². The number of nitrogens with zero attached hydrogens (tertiary/aromatic N) is 1. The number of nitrogens with one attached hydrogen (secondary N) is 1. The first-order valence-electron chi connectivity index (χ1n) is 8.93. The first-order chi connectivity index (χ1) is 14.3. The quantitative estimate of drug-likeness (QED) is 0.496. The summed E-state index contributed by atoms with van der Waals surface area (Å²) in [6, 6.07) is 3.48. The fourth-order valence-electron chi connectivity index (χ4n) is 3.14. The lowest BCUT2D eigenvalue weighted by Gasteiger charge is -2.34. The highest BCUT2D eigenvalue weighted by molar-refractivity contribution is 5.99. The summed E-state index contributed by atoms with van der Waals surface area (Å²) >= 11 is 0. The van der Waals surface area contributed by atoms with E-state index in [9.17, 15) is 29.0 Å². The van der Waals surface area contributed by atoms with Crippen LogP contribution in [-0.2, 0) is 14.3 Å². The molecule has 5 atom stereocenters. The number of halogens is 1. The Kier molecular flexibility index (Phi) is 6.39. The molecule has 164 valence electrons. The second-order valence-electron chi connectivity index (χ2n) is 6.63. The number of aliphatic hydroxyl groups is 2. The highest BCUT2D eigenvalue weighted by atomic mass is 19.1. The zero-order valence-electron chi connectivity index (χ0n) is 16.1. The fourth-order valence-corrected chi connectivity index (χ4v) is 3.14. The Morgan fingerprint density at radius 3 is 2.67 bits per heavy atom. The van der Waals surface area contributed by atoms with Crippen molar-refractivity contribution < 1.29 is 47.9 Å². The second-order valence-corrected chi connectivity index (χ2v) is 6.63. The lowest BCUT2D eigenvalue weighted by Crippen LogP contribution is -2.60. The number of benzene rings is 1. The number of carbonyl (C=O) groups is 3. The van der Waals surface area contributed by atoms with Gasteiger partial charge in [0.05, 0.1) is 20.8 Å². The average Bonchev–Trinajstić information content (AvgIpc) is 3.02. The molecule has 3 N–H and O–H groups in total. The first-order valence-corrected chi connectivity index (χ1v) is 8.93. The summed E-state index contributed by atoms with van der Waals surface area (Å²) in [5.41, 5.74) is 0.0945. The van der Waals surface area contributed by atoms with Crippen molar-refractivity contribution in [1.29, 1.82) is 0 Å². The number of carbonyl (C=O) groups excluding carboxylic acids is 3. The Bertz CT molecular complexity index is 836. The second kappa shape index (κ2) is 8.81. The molecule has 3 amide bonds. The number of hydrogen-bond acceptors (Lipinski definition) is 9. The highest BCUT2D eigenvalue weighted by Gasteiger charge is 2.49. The summed E-state index contributed by atoms with van der Waals surface area (Å²) in [6.07, 6.45) is -7.75. The third kappa shape index (κ3) is 4.15. The molecule has 1 aromatic carbocycles. The molecule has 3 rings (SSSR count). The lowest BCUT2D eigenvalue weighted by atomic mass is 10.1. The molecule has 0 spiro atoms. The van der Waals surface area contributed by atoms with Gasteiger partial charge in [-0.15, -0.1) is 0 Å². The van der Waals surface area contributed by atoms with Crippen LogP contribution in [0.25, 0.3) is 0 Å². The van der Waals surface area contributed by atoms with Gasteiger partial charge in [0, 0.05) is 6.07 Å². The van der Waals surface area contributed by atoms with Gasteiger partial charge in [0.25, 0.3) is 5.91 Å². The molecule has 11 nitrogen and oxygen atoms in total. The summed E-state index contributed by atoms with van der Waals surface area (Å²) in [5, 5.41) is 22.2. The fraction of sp³-hybridized carbons (Fsp3) is 0.500. The van der Waals surface area contributed by atoms with E-state index in [-0.39, 0.29) is 11.3 Å². The summed E-state index contributed by atoms with van der Waals surface area (Å²) in [6.45, 7) is -1.11. The van der Waals surface area contributed by atoms with Crippen LogP contribution in [0.1, 0.15) is 10.4 Å². The molecule has 0 bridgehead atoms. The highest BCUT2D eigenvalue weighted by Crippen LogP contribution is 2.28. The van der Waals surface area contributed by atoms with Gasteiger partial charge in [-0.25, -0.2) is 14.0 Å². The smallest absolute Gasteiger partial charge is 0.342 e. The van der Waals surface area contributed by atoms with Crippen molar-refractivity contribution in [2.45, 2.75) is 30.7 Å². The van der Waals surface area contributed by atoms with Crippen molar-refractivity contribution in [1.82, 2.24) is 10.2 Å². The molecular formula is C18H21FN2O9. The molecule has 0 radical (unpaired) electrons. The SMILES string of the molecule is COc1ccc(C(=O)OCC2OC(N3CC(F)C(=O)NC3=O)C(O)C2O)c(OC)c1. The number of hydrogen-bond donors (Lipinski definition) is 3. The monoisotopic (exact) mass is 428 g/mol. The van der Waals surface area contributed by atoms with Crippen LogP contribution in [-0.4, -0.2) is 91.1 Å². The summed E-state index contributed by atoms with van der Waals surface area (Å²) < 4.78 is 34.4. The molecular weight excluding hydrogens is 407 g/mol. The summed E-state index contributed by atoms with van der Waals surface area (Å²) in [5.74, 6) is -1.21. The van der Waals surface area contributed by atoms with Gasteiger partial charge in [-0.05, 0) is 12.1 Å². The van der Waals surface area contributed by atoms with Gasteiger partial charge in [0.1, 0.15) is 42.0 Å². The number of amides is 3. The molecule has 2 heterocycles. The molecule has 2 aliphatic heterocycles. The maximum Gasteiger partial charge on any atom is 0.342 e. The van der Waals surface area contributed by atoms with Crippen LogP contribution in [0.4, 0.5) is 9.18 Å². The van der Waals surface area contributed by atoms with Gasteiger partial charge in [-0.2, -0.15) is 0 Å². The van der Waals surface area contributed by atoms with E-state index < -0.39 is 61.8 Å². The Hall–Kier alpha value is -2.96. The normalized spacial score (nSPS) is 28.8. The molecule has 1 aromatic rings. The van der Waals surface area contributed by atoms with Crippen LogP contribution in [0.3, 0.4) is 0 Å². The van der Waals surface area contributed by atoms with Crippen molar-refractivity contribution in [3.05, 3.63) is 23.8 Å². The van der Waals surface area contributed by atoms with Crippen LogP contribution in [0, 0.1) is 0 Å². The third-order valence-electron chi connectivity index (χ3n) is 4.78. The summed E-state index contributed by atoms with van der Waals surface area (Å²) in [7, 11) is 2.82. The van der Waals surface area contributed by atoms with E-state index in [0.29, 0.717) is 5.75 Å². The minimum atomic E-state index is -2.00. The Labute approximate surface area is 170 Å². The number of rotatable bonds is 6. The molecule has 12 heteroatoms. The van der Waals surface area contributed by atoms with Crippen molar-refractivity contribution in [2.75, 3.05) is 27.4 Å². The van der Waals surface area contributed by atoms with E-state index in [1.54, 1.807) is 5.32 Å². The molecule has 2 fully saturated rings. The number of aliphatic hydroxyl groups excluding tert-OH is 2.